The highest BCUT2D eigenvalue weighted by Crippen LogP contribution is 2.32. The first-order chi connectivity index (χ1) is 17.0. The number of carboxylic acids is 1. The van der Waals surface area contributed by atoms with Gasteiger partial charge in [0.15, 0.2) is 0 Å². The predicted molar refractivity (Wildman–Crippen MR) is 138 cm³/mol. The lowest BCUT2D eigenvalue weighted by Gasteiger charge is -2.38. The normalized spacial score (nSPS) is 18.7. The van der Waals surface area contributed by atoms with Crippen LogP contribution in [0.15, 0.2) is 42.9 Å². The molecule has 3 heterocycles. The molecule has 1 saturated heterocycles. The van der Waals surface area contributed by atoms with Crippen LogP contribution in [0.1, 0.15) is 49.9 Å². The molecule has 188 valence electrons. The number of nitrogens with zero attached hydrogens (tertiary/aromatic N) is 4. The number of rotatable bonds is 12. The van der Waals surface area contributed by atoms with Gasteiger partial charge in [-0.3, -0.25) is 9.78 Å². The van der Waals surface area contributed by atoms with Crippen molar-refractivity contribution in [2.45, 2.75) is 51.4 Å². The molecule has 0 bridgehead atoms. The van der Waals surface area contributed by atoms with Gasteiger partial charge in [0.05, 0.1) is 12.6 Å². The van der Waals surface area contributed by atoms with Crippen LogP contribution in [-0.4, -0.2) is 57.3 Å². The molecule has 7 heteroatoms. The summed E-state index contributed by atoms with van der Waals surface area (Å²) >= 11 is 0. The number of likely N-dealkylation sites (tertiary alicyclic amines) is 1. The molecule has 7 nitrogen and oxygen atoms in total. The van der Waals surface area contributed by atoms with Crippen LogP contribution < -0.4 is 4.74 Å². The molecule has 1 N–H and O–H groups in total. The fraction of sp³-hybridized carbons (Fsp3) is 0.536. The van der Waals surface area contributed by atoms with E-state index in [1.807, 2.05) is 37.8 Å². The maximum atomic E-state index is 11.6. The summed E-state index contributed by atoms with van der Waals surface area (Å²) in [5.41, 5.74) is 2.28. The average Bonchev–Trinajstić information content (AvgIpc) is 3.27. The molecular weight excluding hydrogens is 440 g/mol. The fourth-order valence-electron chi connectivity index (χ4n) is 5.53. The van der Waals surface area contributed by atoms with Crippen LogP contribution >= 0.6 is 0 Å². The quantitative estimate of drug-likeness (QED) is 0.379. The number of hydrogen-bond acceptors (Lipinski definition) is 5. The largest absolute Gasteiger partial charge is 0.497 e. The second-order valence-electron chi connectivity index (χ2n) is 9.86. The highest BCUT2D eigenvalue weighted by atomic mass is 16.5. The minimum atomic E-state index is -0.677. The van der Waals surface area contributed by atoms with E-state index in [9.17, 15) is 9.90 Å². The van der Waals surface area contributed by atoms with E-state index < -0.39 is 5.97 Å². The van der Waals surface area contributed by atoms with Crippen molar-refractivity contribution in [1.82, 2.24) is 19.4 Å². The number of aliphatic carboxylic acids is 1. The predicted octanol–water partition coefficient (Wildman–Crippen LogP) is 4.74. The molecule has 3 aromatic rings. The summed E-state index contributed by atoms with van der Waals surface area (Å²) in [4.78, 5) is 23.0. The molecule has 2 aromatic heterocycles. The Morgan fingerprint density at radius 3 is 2.77 bits per heavy atom. The van der Waals surface area contributed by atoms with Crippen LogP contribution in [0, 0.1) is 11.8 Å². The van der Waals surface area contributed by atoms with Gasteiger partial charge >= 0.3 is 5.97 Å². The summed E-state index contributed by atoms with van der Waals surface area (Å²) in [5.74, 6) is 2.00. The summed E-state index contributed by atoms with van der Waals surface area (Å²) in [5, 5.41) is 10.7. The van der Waals surface area contributed by atoms with Gasteiger partial charge in [-0.05, 0) is 93.3 Å². The maximum absolute atomic E-state index is 11.6. The van der Waals surface area contributed by atoms with Crippen molar-refractivity contribution in [3.8, 4) is 5.75 Å². The molecule has 0 radical (unpaired) electrons. The topological polar surface area (TPSA) is 80.5 Å². The summed E-state index contributed by atoms with van der Waals surface area (Å²) in [6.07, 6.45) is 13.4. The first-order valence-corrected chi connectivity index (χ1v) is 12.9. The smallest absolute Gasteiger partial charge is 0.303 e. The van der Waals surface area contributed by atoms with Crippen LogP contribution in [-0.2, 0) is 24.7 Å². The Labute approximate surface area is 208 Å². The van der Waals surface area contributed by atoms with Crippen LogP contribution in [0.4, 0.5) is 0 Å². The SMILES string of the molecule is COc1ccc2nccc(CCCC3CCN(CCCCc4nccn4C)CC3CC(=O)O)c2c1. The molecule has 4 rings (SSSR count). The van der Waals surface area contributed by atoms with E-state index in [0.29, 0.717) is 5.92 Å². The number of methoxy groups -OCH3 is 1. The molecule has 35 heavy (non-hydrogen) atoms. The van der Waals surface area contributed by atoms with Gasteiger partial charge in [0, 0.05) is 50.4 Å². The van der Waals surface area contributed by atoms with E-state index in [2.05, 4.69) is 31.6 Å². The lowest BCUT2D eigenvalue weighted by Crippen LogP contribution is -2.41. The summed E-state index contributed by atoms with van der Waals surface area (Å²) in [6, 6.07) is 8.12. The van der Waals surface area contributed by atoms with Crippen LogP contribution in [0.25, 0.3) is 10.9 Å². The molecule has 2 atom stereocenters. The Kier molecular flexibility index (Phi) is 8.74. The molecule has 0 amide bonds. The number of aromatic nitrogens is 3. The van der Waals surface area contributed by atoms with E-state index >= 15 is 0 Å². The summed E-state index contributed by atoms with van der Waals surface area (Å²) in [6.45, 7) is 3.01. The van der Waals surface area contributed by atoms with Crippen molar-refractivity contribution in [3.63, 3.8) is 0 Å². The second kappa shape index (κ2) is 12.2. The Hall–Kier alpha value is -2.93. The first kappa shape index (κ1) is 25.2. The average molecular weight is 479 g/mol. The van der Waals surface area contributed by atoms with E-state index in [-0.39, 0.29) is 12.3 Å². The molecule has 0 spiro atoms. The van der Waals surface area contributed by atoms with Crippen molar-refractivity contribution < 1.29 is 14.6 Å². The zero-order valence-corrected chi connectivity index (χ0v) is 21.0. The van der Waals surface area contributed by atoms with Crippen LogP contribution in [0.5, 0.6) is 5.75 Å². The Morgan fingerprint density at radius 2 is 2.00 bits per heavy atom. The van der Waals surface area contributed by atoms with E-state index in [4.69, 9.17) is 4.74 Å². The fourth-order valence-corrected chi connectivity index (χ4v) is 5.53. The number of piperidine rings is 1. The third-order valence-corrected chi connectivity index (χ3v) is 7.52. The number of carboxylic acid groups (broad SMARTS) is 1. The van der Waals surface area contributed by atoms with Gasteiger partial charge in [-0.15, -0.1) is 0 Å². The van der Waals surface area contributed by atoms with Gasteiger partial charge in [-0.1, -0.05) is 0 Å². The molecule has 1 fully saturated rings. The zero-order valence-electron chi connectivity index (χ0n) is 21.0. The molecular formula is C28H38N4O3. The number of fused-ring (bicyclic) bond motifs is 1. The van der Waals surface area contributed by atoms with Crippen molar-refractivity contribution in [1.29, 1.82) is 0 Å². The third kappa shape index (κ3) is 6.82. The van der Waals surface area contributed by atoms with E-state index in [1.54, 1.807) is 7.11 Å². The number of pyridine rings is 1. The zero-order chi connectivity index (χ0) is 24.6. The maximum Gasteiger partial charge on any atom is 0.303 e. The molecule has 1 aliphatic heterocycles. The van der Waals surface area contributed by atoms with Crippen LogP contribution in [0.2, 0.25) is 0 Å². The van der Waals surface area contributed by atoms with Gasteiger partial charge in [0.1, 0.15) is 11.6 Å². The lowest BCUT2D eigenvalue weighted by atomic mass is 9.79. The number of carbonyl (C=O) groups is 1. The van der Waals surface area contributed by atoms with Gasteiger partial charge in [0.25, 0.3) is 0 Å². The molecule has 1 aliphatic rings. The number of imidazole rings is 1. The van der Waals surface area contributed by atoms with Crippen molar-refractivity contribution in [2.75, 3.05) is 26.7 Å². The number of benzene rings is 1. The Bertz CT molecular complexity index is 1110. The minimum Gasteiger partial charge on any atom is -0.497 e. The molecule has 2 unspecified atom stereocenters. The van der Waals surface area contributed by atoms with Crippen molar-refractivity contribution in [2.24, 2.45) is 18.9 Å². The molecule has 1 aromatic carbocycles. The standard InChI is InChI=1S/C28H38N4O3/c1-31-17-14-30-27(31)8-3-4-15-32-16-12-21(23(20-32)18-28(33)34)6-5-7-22-11-13-29-26-10-9-24(35-2)19-25(22)26/h9-11,13-14,17,19,21,23H,3-8,12,15-16,18,20H2,1-2H3,(H,33,34). The number of aryl methyl sites for hydroxylation is 3. The Morgan fingerprint density at radius 1 is 1.11 bits per heavy atom. The van der Waals surface area contributed by atoms with Gasteiger partial charge in [0.2, 0.25) is 0 Å². The minimum absolute atomic E-state index is 0.227. The monoisotopic (exact) mass is 478 g/mol. The van der Waals surface area contributed by atoms with Crippen molar-refractivity contribution >= 4 is 16.9 Å². The van der Waals surface area contributed by atoms with E-state index in [0.717, 1.165) is 87.1 Å². The summed E-state index contributed by atoms with van der Waals surface area (Å²) < 4.78 is 7.49. The Balaban J connectivity index is 1.28. The van der Waals surface area contributed by atoms with Gasteiger partial charge < -0.3 is 19.3 Å². The van der Waals surface area contributed by atoms with Gasteiger partial charge in [-0.25, -0.2) is 4.98 Å². The van der Waals surface area contributed by atoms with Gasteiger partial charge in [-0.2, -0.15) is 0 Å². The summed E-state index contributed by atoms with van der Waals surface area (Å²) in [7, 11) is 3.73. The molecule has 0 aliphatic carbocycles. The number of hydrogen-bond donors (Lipinski definition) is 1. The number of unbranched alkanes of at least 4 members (excludes halogenated alkanes) is 1. The molecule has 0 saturated carbocycles. The third-order valence-electron chi connectivity index (χ3n) is 7.52. The first-order valence-electron chi connectivity index (χ1n) is 12.9. The second-order valence-corrected chi connectivity index (χ2v) is 9.86. The highest BCUT2D eigenvalue weighted by Gasteiger charge is 2.30. The number of ether oxygens (including phenoxy) is 1. The van der Waals surface area contributed by atoms with Crippen molar-refractivity contribution in [3.05, 3.63) is 54.2 Å². The van der Waals surface area contributed by atoms with Crippen LogP contribution in [0.3, 0.4) is 0 Å². The van der Waals surface area contributed by atoms with E-state index in [1.165, 1.54) is 5.56 Å². The highest BCUT2D eigenvalue weighted by molar-refractivity contribution is 5.83. The lowest BCUT2D eigenvalue weighted by molar-refractivity contribution is -0.139.